The number of benzene rings is 2. The van der Waals surface area contributed by atoms with Crippen molar-refractivity contribution in [2.45, 2.75) is 0 Å². The number of halogens is 2. The Morgan fingerprint density at radius 2 is 2.05 bits per heavy atom. The normalized spacial score (nSPS) is 10.6. The SMILES string of the molecule is O=C(CNc1ccccc1)N/N=C/c1cc(Cl)cc(Br)c1O. The minimum atomic E-state index is -0.305. The van der Waals surface area contributed by atoms with Gasteiger partial charge >= 0.3 is 0 Å². The number of carbonyl (C=O) groups is 1. The molecule has 5 nitrogen and oxygen atoms in total. The maximum atomic E-state index is 11.6. The summed E-state index contributed by atoms with van der Waals surface area (Å²) in [5.74, 6) is -0.300. The van der Waals surface area contributed by atoms with Gasteiger partial charge in [0.1, 0.15) is 5.75 Å². The van der Waals surface area contributed by atoms with Crippen LogP contribution in [-0.2, 0) is 4.79 Å². The van der Waals surface area contributed by atoms with Gasteiger partial charge in [-0.25, -0.2) is 5.43 Å². The highest BCUT2D eigenvalue weighted by Crippen LogP contribution is 2.30. The maximum Gasteiger partial charge on any atom is 0.259 e. The van der Waals surface area contributed by atoms with Crippen molar-refractivity contribution in [3.8, 4) is 5.75 Å². The lowest BCUT2D eigenvalue weighted by Gasteiger charge is -2.05. The van der Waals surface area contributed by atoms with Gasteiger partial charge in [0.25, 0.3) is 5.91 Å². The van der Waals surface area contributed by atoms with Crippen LogP contribution in [0.1, 0.15) is 5.56 Å². The fraction of sp³-hybridized carbons (Fsp3) is 0.0667. The second-order valence-electron chi connectivity index (χ2n) is 4.34. The Balaban J connectivity index is 1.88. The summed E-state index contributed by atoms with van der Waals surface area (Å²) in [6, 6.07) is 12.5. The Morgan fingerprint density at radius 1 is 1.32 bits per heavy atom. The Labute approximate surface area is 141 Å². The molecule has 2 aromatic rings. The number of aromatic hydroxyl groups is 1. The third-order valence-corrected chi connectivity index (χ3v) is 3.50. The monoisotopic (exact) mass is 381 g/mol. The number of para-hydroxylation sites is 1. The predicted molar refractivity (Wildman–Crippen MR) is 91.5 cm³/mol. The third kappa shape index (κ3) is 4.75. The van der Waals surface area contributed by atoms with Gasteiger partial charge in [0.2, 0.25) is 0 Å². The van der Waals surface area contributed by atoms with E-state index in [1.807, 2.05) is 30.3 Å². The summed E-state index contributed by atoms with van der Waals surface area (Å²) in [6.45, 7) is 0.0899. The van der Waals surface area contributed by atoms with Crippen LogP contribution in [0.5, 0.6) is 5.75 Å². The van der Waals surface area contributed by atoms with Crippen LogP contribution in [0.4, 0.5) is 5.69 Å². The molecule has 0 saturated carbocycles. The largest absolute Gasteiger partial charge is 0.506 e. The summed E-state index contributed by atoms with van der Waals surface area (Å²) in [5.41, 5.74) is 3.61. The van der Waals surface area contributed by atoms with Crippen molar-refractivity contribution in [3.63, 3.8) is 0 Å². The van der Waals surface area contributed by atoms with E-state index in [9.17, 15) is 9.90 Å². The minimum Gasteiger partial charge on any atom is -0.506 e. The molecule has 0 unspecified atom stereocenters. The first-order valence-corrected chi connectivity index (χ1v) is 7.52. The lowest BCUT2D eigenvalue weighted by molar-refractivity contribution is -0.119. The van der Waals surface area contributed by atoms with Gasteiger partial charge in [0.15, 0.2) is 0 Å². The number of anilines is 1. The molecule has 2 aromatic carbocycles. The molecule has 0 saturated heterocycles. The predicted octanol–water partition coefficient (Wildman–Crippen LogP) is 3.37. The van der Waals surface area contributed by atoms with Crippen molar-refractivity contribution in [2.75, 3.05) is 11.9 Å². The third-order valence-electron chi connectivity index (χ3n) is 2.68. The molecule has 0 spiro atoms. The van der Waals surface area contributed by atoms with E-state index in [1.54, 1.807) is 12.1 Å². The van der Waals surface area contributed by atoms with Gasteiger partial charge in [0, 0.05) is 16.3 Å². The van der Waals surface area contributed by atoms with E-state index in [2.05, 4.69) is 31.8 Å². The van der Waals surface area contributed by atoms with Crippen molar-refractivity contribution in [3.05, 3.63) is 57.5 Å². The Bertz CT molecular complexity index is 693. The number of carbonyl (C=O) groups excluding carboxylic acids is 1. The van der Waals surface area contributed by atoms with Crippen LogP contribution in [0.2, 0.25) is 5.02 Å². The molecule has 0 aliphatic rings. The van der Waals surface area contributed by atoms with E-state index in [0.717, 1.165) is 5.69 Å². The molecule has 0 aliphatic heterocycles. The lowest BCUT2D eigenvalue weighted by Crippen LogP contribution is -2.25. The molecule has 3 N–H and O–H groups in total. The Kier molecular flexibility index (Phi) is 5.80. The number of nitrogens with one attached hydrogen (secondary N) is 2. The second-order valence-corrected chi connectivity index (χ2v) is 5.63. The van der Waals surface area contributed by atoms with Gasteiger partial charge in [-0.1, -0.05) is 29.8 Å². The van der Waals surface area contributed by atoms with E-state index >= 15 is 0 Å². The van der Waals surface area contributed by atoms with E-state index in [0.29, 0.717) is 15.1 Å². The standard InChI is InChI=1S/C15H13BrClN3O2/c16-13-7-11(17)6-10(15(13)22)8-19-20-14(21)9-18-12-4-2-1-3-5-12/h1-8,18,22H,9H2,(H,20,21)/b19-8+. The number of hydrogen-bond acceptors (Lipinski definition) is 4. The van der Waals surface area contributed by atoms with Gasteiger partial charge in [-0.15, -0.1) is 0 Å². The summed E-state index contributed by atoms with van der Waals surface area (Å²) >= 11 is 9.06. The average Bonchev–Trinajstić information content (AvgIpc) is 2.51. The van der Waals surface area contributed by atoms with Crippen LogP contribution in [0.15, 0.2) is 52.0 Å². The molecule has 114 valence electrons. The lowest BCUT2D eigenvalue weighted by atomic mass is 10.2. The van der Waals surface area contributed by atoms with E-state index in [1.165, 1.54) is 6.21 Å². The van der Waals surface area contributed by atoms with Crippen molar-refractivity contribution in [1.82, 2.24) is 5.43 Å². The van der Waals surface area contributed by atoms with Gasteiger partial charge in [-0.05, 0) is 40.2 Å². The number of hydrogen-bond donors (Lipinski definition) is 3. The van der Waals surface area contributed by atoms with Crippen molar-refractivity contribution < 1.29 is 9.90 Å². The molecule has 0 heterocycles. The van der Waals surface area contributed by atoms with E-state index in [4.69, 9.17) is 11.6 Å². The van der Waals surface area contributed by atoms with Gasteiger partial charge < -0.3 is 10.4 Å². The average molecular weight is 383 g/mol. The molecular formula is C15H13BrClN3O2. The van der Waals surface area contributed by atoms with Crippen LogP contribution >= 0.6 is 27.5 Å². The number of nitrogens with zero attached hydrogens (tertiary/aromatic N) is 1. The van der Waals surface area contributed by atoms with Crippen LogP contribution in [-0.4, -0.2) is 23.8 Å². The highest BCUT2D eigenvalue weighted by molar-refractivity contribution is 9.10. The first-order valence-electron chi connectivity index (χ1n) is 6.35. The topological polar surface area (TPSA) is 73.7 Å². The quantitative estimate of drug-likeness (QED) is 0.548. The molecule has 22 heavy (non-hydrogen) atoms. The highest BCUT2D eigenvalue weighted by Gasteiger charge is 2.05. The molecule has 0 atom stereocenters. The molecule has 2 rings (SSSR count). The smallest absolute Gasteiger partial charge is 0.259 e. The van der Waals surface area contributed by atoms with Crippen molar-refractivity contribution >= 4 is 45.3 Å². The van der Waals surface area contributed by atoms with Crippen LogP contribution in [0, 0.1) is 0 Å². The van der Waals surface area contributed by atoms with E-state index < -0.39 is 0 Å². The zero-order valence-corrected chi connectivity index (χ0v) is 13.7. The molecule has 0 radical (unpaired) electrons. The molecule has 0 aromatic heterocycles. The molecular weight excluding hydrogens is 370 g/mol. The molecule has 0 fully saturated rings. The van der Waals surface area contributed by atoms with Gasteiger partial charge in [-0.2, -0.15) is 5.10 Å². The fourth-order valence-electron chi connectivity index (χ4n) is 1.64. The molecule has 1 amide bonds. The van der Waals surface area contributed by atoms with Crippen LogP contribution in [0.25, 0.3) is 0 Å². The summed E-state index contributed by atoms with van der Waals surface area (Å²) in [6.07, 6.45) is 1.33. The summed E-state index contributed by atoms with van der Waals surface area (Å²) in [4.78, 5) is 11.6. The molecule has 7 heteroatoms. The number of rotatable bonds is 5. The number of amides is 1. The van der Waals surface area contributed by atoms with Crippen LogP contribution < -0.4 is 10.7 Å². The summed E-state index contributed by atoms with van der Waals surface area (Å²) in [5, 5.41) is 17.0. The number of hydrazone groups is 1. The number of phenols is 1. The maximum absolute atomic E-state index is 11.6. The van der Waals surface area contributed by atoms with Gasteiger partial charge in [-0.3, -0.25) is 4.79 Å². The fourth-order valence-corrected chi connectivity index (χ4v) is 2.47. The first kappa shape index (κ1) is 16.3. The molecule has 0 aliphatic carbocycles. The molecule has 0 bridgehead atoms. The van der Waals surface area contributed by atoms with E-state index in [-0.39, 0.29) is 18.2 Å². The van der Waals surface area contributed by atoms with Crippen molar-refractivity contribution in [2.24, 2.45) is 5.10 Å². The number of phenolic OH excluding ortho intramolecular Hbond substituents is 1. The second kappa shape index (κ2) is 7.82. The zero-order valence-electron chi connectivity index (χ0n) is 11.4. The van der Waals surface area contributed by atoms with Gasteiger partial charge in [0.05, 0.1) is 17.2 Å². The highest BCUT2D eigenvalue weighted by atomic mass is 79.9. The summed E-state index contributed by atoms with van der Waals surface area (Å²) in [7, 11) is 0. The Hall–Kier alpha value is -2.05. The minimum absolute atomic E-state index is 0.00445. The Morgan fingerprint density at radius 3 is 2.77 bits per heavy atom. The zero-order chi connectivity index (χ0) is 15.9. The van der Waals surface area contributed by atoms with Crippen LogP contribution in [0.3, 0.4) is 0 Å². The first-order chi connectivity index (χ1) is 10.6. The summed E-state index contributed by atoms with van der Waals surface area (Å²) < 4.78 is 0.457. The van der Waals surface area contributed by atoms with Crippen molar-refractivity contribution in [1.29, 1.82) is 0 Å².